The van der Waals surface area contributed by atoms with Crippen molar-refractivity contribution in [1.82, 2.24) is 10.1 Å². The van der Waals surface area contributed by atoms with Crippen molar-refractivity contribution in [3.63, 3.8) is 0 Å². The zero-order valence-electron chi connectivity index (χ0n) is 9.07. The van der Waals surface area contributed by atoms with Crippen LogP contribution in [0.5, 0.6) is 0 Å². The van der Waals surface area contributed by atoms with Crippen LogP contribution in [-0.4, -0.2) is 29.6 Å². The first-order valence-electron chi connectivity index (χ1n) is 4.69. The van der Waals surface area contributed by atoms with Crippen LogP contribution in [0.15, 0.2) is 4.52 Å². The van der Waals surface area contributed by atoms with Gasteiger partial charge in [0.15, 0.2) is 0 Å². The average Bonchev–Trinajstić information content (AvgIpc) is 2.58. The summed E-state index contributed by atoms with van der Waals surface area (Å²) in [6, 6.07) is 1.92. The van der Waals surface area contributed by atoms with Crippen LogP contribution >= 0.6 is 0 Å². The predicted octanol–water partition coefficient (Wildman–Crippen LogP) is 1.14. The molecule has 0 aliphatic heterocycles. The number of carbonyl (C=O) groups is 1. The van der Waals surface area contributed by atoms with Crippen LogP contribution in [0.4, 0.5) is 0 Å². The second kappa shape index (κ2) is 4.60. The Labute approximate surface area is 88.3 Å². The van der Waals surface area contributed by atoms with E-state index in [0.29, 0.717) is 23.4 Å². The van der Waals surface area contributed by atoms with Gasteiger partial charge in [-0.2, -0.15) is 5.26 Å². The summed E-state index contributed by atoms with van der Waals surface area (Å²) < 4.78 is 4.96. The molecule has 0 fully saturated rings. The number of hydrogen-bond acceptors (Lipinski definition) is 4. The SMILES string of the molecule is CCc1noc(C)c1C(=O)N(C)CC#N. The Kier molecular flexibility index (Phi) is 3.45. The fourth-order valence-electron chi connectivity index (χ4n) is 1.30. The maximum absolute atomic E-state index is 11.9. The Balaban J connectivity index is 3.00. The standard InChI is InChI=1S/C10H13N3O2/c1-4-8-9(7(2)15-12-8)10(14)13(3)6-5-11/h4,6H2,1-3H3. The van der Waals surface area contributed by atoms with E-state index in [1.165, 1.54) is 4.90 Å². The molecule has 80 valence electrons. The third-order valence-corrected chi connectivity index (χ3v) is 2.14. The van der Waals surface area contributed by atoms with Crippen molar-refractivity contribution in [3.05, 3.63) is 17.0 Å². The van der Waals surface area contributed by atoms with Gasteiger partial charge in [-0.05, 0) is 13.3 Å². The molecule has 0 unspecified atom stereocenters. The molecule has 1 aromatic heterocycles. The number of aromatic nitrogens is 1. The van der Waals surface area contributed by atoms with Gasteiger partial charge in [-0.15, -0.1) is 0 Å². The number of aryl methyl sites for hydroxylation is 2. The van der Waals surface area contributed by atoms with Gasteiger partial charge in [0.25, 0.3) is 5.91 Å². The minimum atomic E-state index is -0.216. The third kappa shape index (κ3) is 2.15. The minimum absolute atomic E-state index is 0.0621. The Bertz CT molecular complexity index is 403. The zero-order valence-corrected chi connectivity index (χ0v) is 9.07. The lowest BCUT2D eigenvalue weighted by atomic mass is 10.1. The largest absolute Gasteiger partial charge is 0.361 e. The number of nitrogens with zero attached hydrogens (tertiary/aromatic N) is 3. The smallest absolute Gasteiger partial charge is 0.259 e. The minimum Gasteiger partial charge on any atom is -0.361 e. The van der Waals surface area contributed by atoms with Gasteiger partial charge < -0.3 is 9.42 Å². The molecule has 0 N–H and O–H groups in total. The quantitative estimate of drug-likeness (QED) is 0.697. The summed E-state index contributed by atoms with van der Waals surface area (Å²) in [6.45, 7) is 3.66. The Morgan fingerprint density at radius 3 is 2.87 bits per heavy atom. The first-order valence-corrected chi connectivity index (χ1v) is 4.69. The van der Waals surface area contributed by atoms with Crippen molar-refractivity contribution < 1.29 is 9.32 Å². The van der Waals surface area contributed by atoms with E-state index in [9.17, 15) is 4.79 Å². The van der Waals surface area contributed by atoms with Gasteiger partial charge in [-0.1, -0.05) is 12.1 Å². The van der Waals surface area contributed by atoms with E-state index >= 15 is 0 Å². The Morgan fingerprint density at radius 2 is 2.33 bits per heavy atom. The lowest BCUT2D eigenvalue weighted by Gasteiger charge is -2.12. The summed E-state index contributed by atoms with van der Waals surface area (Å²) in [4.78, 5) is 13.2. The number of rotatable bonds is 3. The second-order valence-electron chi connectivity index (χ2n) is 3.23. The molecule has 0 saturated carbocycles. The van der Waals surface area contributed by atoms with Gasteiger partial charge in [0.1, 0.15) is 17.9 Å². The van der Waals surface area contributed by atoms with Gasteiger partial charge in [-0.3, -0.25) is 4.79 Å². The van der Waals surface area contributed by atoms with Crippen molar-refractivity contribution >= 4 is 5.91 Å². The van der Waals surface area contributed by atoms with Gasteiger partial charge >= 0.3 is 0 Å². The summed E-state index contributed by atoms with van der Waals surface area (Å²) in [7, 11) is 1.58. The van der Waals surface area contributed by atoms with Crippen LogP contribution in [0.25, 0.3) is 0 Å². The van der Waals surface area contributed by atoms with Gasteiger partial charge in [0, 0.05) is 7.05 Å². The van der Waals surface area contributed by atoms with Crippen LogP contribution in [0.2, 0.25) is 0 Å². The van der Waals surface area contributed by atoms with E-state index in [2.05, 4.69) is 5.16 Å². The highest BCUT2D eigenvalue weighted by atomic mass is 16.5. The molecule has 1 heterocycles. The molecule has 15 heavy (non-hydrogen) atoms. The molecule has 0 aliphatic rings. The fourth-order valence-corrected chi connectivity index (χ4v) is 1.30. The highest BCUT2D eigenvalue weighted by Crippen LogP contribution is 2.15. The summed E-state index contributed by atoms with van der Waals surface area (Å²) in [6.07, 6.45) is 0.638. The molecular formula is C10H13N3O2. The van der Waals surface area contributed by atoms with E-state index in [4.69, 9.17) is 9.78 Å². The van der Waals surface area contributed by atoms with E-state index < -0.39 is 0 Å². The maximum atomic E-state index is 11.9. The highest BCUT2D eigenvalue weighted by Gasteiger charge is 2.21. The first-order chi connectivity index (χ1) is 7.11. The maximum Gasteiger partial charge on any atom is 0.259 e. The molecule has 1 rings (SSSR count). The van der Waals surface area contributed by atoms with E-state index in [-0.39, 0.29) is 12.5 Å². The molecule has 0 saturated heterocycles. The molecule has 0 radical (unpaired) electrons. The Hall–Kier alpha value is -1.83. The van der Waals surface area contributed by atoms with Crippen LogP contribution in [0, 0.1) is 18.3 Å². The average molecular weight is 207 g/mol. The molecule has 1 aromatic rings. The molecule has 5 nitrogen and oxygen atoms in total. The first kappa shape index (κ1) is 11.2. The normalized spacial score (nSPS) is 9.73. The molecular weight excluding hydrogens is 194 g/mol. The summed E-state index contributed by atoms with van der Waals surface area (Å²) in [5.74, 6) is 0.286. The predicted molar refractivity (Wildman–Crippen MR) is 53.2 cm³/mol. The van der Waals surface area contributed by atoms with Crippen molar-refractivity contribution in [3.8, 4) is 6.07 Å². The van der Waals surface area contributed by atoms with Crippen LogP contribution in [0.3, 0.4) is 0 Å². The van der Waals surface area contributed by atoms with E-state index in [0.717, 1.165) is 0 Å². The molecule has 1 amide bonds. The second-order valence-corrected chi connectivity index (χ2v) is 3.23. The van der Waals surface area contributed by atoms with Crippen molar-refractivity contribution in [2.24, 2.45) is 0 Å². The molecule has 0 bridgehead atoms. The summed E-state index contributed by atoms with van der Waals surface area (Å²) >= 11 is 0. The molecule has 0 spiro atoms. The van der Waals surface area contributed by atoms with Gasteiger partial charge in [-0.25, -0.2) is 0 Å². The Morgan fingerprint density at radius 1 is 1.67 bits per heavy atom. The summed E-state index contributed by atoms with van der Waals surface area (Å²) in [5.41, 5.74) is 1.12. The number of nitriles is 1. The third-order valence-electron chi connectivity index (χ3n) is 2.14. The van der Waals surface area contributed by atoms with E-state index in [1.807, 2.05) is 13.0 Å². The number of amides is 1. The molecule has 0 aromatic carbocycles. The monoisotopic (exact) mass is 207 g/mol. The van der Waals surface area contributed by atoms with Crippen LogP contribution in [-0.2, 0) is 6.42 Å². The topological polar surface area (TPSA) is 70.1 Å². The lowest BCUT2D eigenvalue weighted by Crippen LogP contribution is -2.28. The molecule has 5 heteroatoms. The van der Waals surface area contributed by atoms with Gasteiger partial charge in [0.2, 0.25) is 0 Å². The number of carbonyl (C=O) groups excluding carboxylic acids is 1. The van der Waals surface area contributed by atoms with Crippen LogP contribution < -0.4 is 0 Å². The fraction of sp³-hybridized carbons (Fsp3) is 0.500. The van der Waals surface area contributed by atoms with Crippen molar-refractivity contribution in [2.45, 2.75) is 20.3 Å². The van der Waals surface area contributed by atoms with E-state index in [1.54, 1.807) is 14.0 Å². The molecule has 0 atom stereocenters. The lowest BCUT2D eigenvalue weighted by molar-refractivity contribution is 0.0809. The van der Waals surface area contributed by atoms with Crippen LogP contribution in [0.1, 0.15) is 28.7 Å². The zero-order chi connectivity index (χ0) is 11.4. The molecule has 0 aliphatic carbocycles. The van der Waals surface area contributed by atoms with Crippen molar-refractivity contribution in [1.29, 1.82) is 5.26 Å². The highest BCUT2D eigenvalue weighted by molar-refractivity contribution is 5.96. The van der Waals surface area contributed by atoms with Gasteiger partial charge in [0.05, 0.1) is 11.8 Å². The summed E-state index contributed by atoms with van der Waals surface area (Å²) in [5, 5.41) is 12.3. The van der Waals surface area contributed by atoms with Crippen molar-refractivity contribution in [2.75, 3.05) is 13.6 Å². The number of hydrogen-bond donors (Lipinski definition) is 0.